The van der Waals surface area contributed by atoms with Gasteiger partial charge in [0.2, 0.25) is 0 Å². The number of aromatic nitrogens is 1. The number of ether oxygens (including phenoxy) is 1. The van der Waals surface area contributed by atoms with Gasteiger partial charge in [0.05, 0.1) is 16.3 Å². The van der Waals surface area contributed by atoms with Crippen LogP contribution in [-0.2, 0) is 19.6 Å². The Balaban J connectivity index is 1.75. The Bertz CT molecular complexity index is 1350. The average molecular weight is 470 g/mol. The normalized spacial score (nSPS) is 17.1. The molecule has 0 saturated heterocycles. The first kappa shape index (κ1) is 23.2. The van der Waals surface area contributed by atoms with Gasteiger partial charge in [0.25, 0.3) is 10.0 Å². The highest BCUT2D eigenvalue weighted by atomic mass is 32.2. The summed E-state index contributed by atoms with van der Waals surface area (Å²) in [5.74, 6) is -0.980. The number of carbonyl (C=O) groups excluding carboxylic acids is 1. The second-order valence-corrected chi connectivity index (χ2v) is 11.3. The minimum Gasteiger partial charge on any atom is -0.460 e. The smallest absolute Gasteiger partial charge is 0.309 e. The van der Waals surface area contributed by atoms with E-state index < -0.39 is 21.4 Å². The van der Waals surface area contributed by atoms with E-state index in [0.29, 0.717) is 30.3 Å². The third kappa shape index (κ3) is 4.60. The molecule has 2 aromatic carbocycles. The van der Waals surface area contributed by atoms with Crippen molar-refractivity contribution in [3.63, 3.8) is 0 Å². The number of esters is 1. The maximum absolute atomic E-state index is 14.9. The topological polar surface area (TPSA) is 65.4 Å². The lowest BCUT2D eigenvalue weighted by Crippen LogP contribution is -2.29. The second kappa shape index (κ2) is 8.45. The quantitative estimate of drug-likeness (QED) is 0.450. The molecule has 0 amide bonds. The third-order valence-corrected chi connectivity index (χ3v) is 7.51. The summed E-state index contributed by atoms with van der Waals surface area (Å²) in [4.78, 5) is 12.6. The first-order valence-electron chi connectivity index (χ1n) is 11.0. The second-order valence-electron chi connectivity index (χ2n) is 9.52. The molecular weight excluding hydrogens is 441 g/mol. The van der Waals surface area contributed by atoms with Crippen molar-refractivity contribution in [2.24, 2.45) is 5.92 Å². The minimum absolute atomic E-state index is 0.142. The molecule has 3 aromatic rings. The van der Waals surface area contributed by atoms with Crippen LogP contribution < -0.4 is 0 Å². The highest BCUT2D eigenvalue weighted by Crippen LogP contribution is 2.38. The summed E-state index contributed by atoms with van der Waals surface area (Å²) < 4.78 is 48.4. The Labute approximate surface area is 193 Å². The molecule has 1 aliphatic rings. The molecule has 4 rings (SSSR count). The van der Waals surface area contributed by atoms with Crippen LogP contribution in [0.1, 0.15) is 51.2 Å². The molecule has 1 aliphatic carbocycles. The zero-order chi connectivity index (χ0) is 24.0. The van der Waals surface area contributed by atoms with E-state index in [4.69, 9.17) is 4.74 Å². The van der Waals surface area contributed by atoms with Gasteiger partial charge < -0.3 is 4.74 Å². The summed E-state index contributed by atoms with van der Waals surface area (Å²) in [6.45, 7) is 7.39. The number of hydrogen-bond acceptors (Lipinski definition) is 4. The molecule has 0 N–H and O–H groups in total. The maximum atomic E-state index is 14.9. The lowest BCUT2D eigenvalue weighted by molar-refractivity contribution is -0.160. The number of benzene rings is 2. The highest BCUT2D eigenvalue weighted by molar-refractivity contribution is 7.90. The number of fused-ring (bicyclic) bond motifs is 1. The van der Waals surface area contributed by atoms with Crippen LogP contribution in [0.4, 0.5) is 4.39 Å². The van der Waals surface area contributed by atoms with Crippen molar-refractivity contribution < 1.29 is 22.3 Å². The minimum atomic E-state index is -3.91. The van der Waals surface area contributed by atoms with Crippen molar-refractivity contribution in [3.05, 3.63) is 71.7 Å². The van der Waals surface area contributed by atoms with Crippen molar-refractivity contribution in [2.75, 3.05) is 0 Å². The summed E-state index contributed by atoms with van der Waals surface area (Å²) >= 11 is 0. The zero-order valence-corrected chi connectivity index (χ0v) is 20.1. The number of carbonyl (C=O) groups is 1. The molecule has 33 heavy (non-hydrogen) atoms. The van der Waals surface area contributed by atoms with Crippen molar-refractivity contribution in [1.82, 2.24) is 3.97 Å². The fourth-order valence-corrected chi connectivity index (χ4v) is 5.52. The summed E-state index contributed by atoms with van der Waals surface area (Å²) in [5.41, 5.74) is 2.07. The summed E-state index contributed by atoms with van der Waals surface area (Å²) in [6, 6.07) is 11.0. The highest BCUT2D eigenvalue weighted by Gasteiger charge is 2.29. The van der Waals surface area contributed by atoms with Gasteiger partial charge in [-0.15, -0.1) is 0 Å². The summed E-state index contributed by atoms with van der Waals surface area (Å²) in [5, 5.41) is 0.273. The van der Waals surface area contributed by atoms with Gasteiger partial charge in [-0.25, -0.2) is 16.8 Å². The maximum Gasteiger partial charge on any atom is 0.309 e. The Kier molecular flexibility index (Phi) is 5.95. The molecule has 0 aliphatic heterocycles. The van der Waals surface area contributed by atoms with Gasteiger partial charge in [-0.1, -0.05) is 29.8 Å². The predicted molar refractivity (Wildman–Crippen MR) is 127 cm³/mol. The van der Waals surface area contributed by atoms with Gasteiger partial charge in [0.1, 0.15) is 11.4 Å². The number of hydrogen-bond donors (Lipinski definition) is 0. The van der Waals surface area contributed by atoms with E-state index in [1.807, 2.05) is 33.8 Å². The summed E-state index contributed by atoms with van der Waals surface area (Å²) in [6.07, 6.45) is 4.97. The molecule has 7 heteroatoms. The van der Waals surface area contributed by atoms with Crippen LogP contribution in [0, 0.1) is 18.7 Å². The van der Waals surface area contributed by atoms with Gasteiger partial charge >= 0.3 is 5.97 Å². The van der Waals surface area contributed by atoms with E-state index in [9.17, 15) is 17.6 Å². The van der Waals surface area contributed by atoms with Crippen LogP contribution in [0.5, 0.6) is 0 Å². The average Bonchev–Trinajstić information content (AvgIpc) is 3.15. The molecule has 1 aromatic heterocycles. The van der Waals surface area contributed by atoms with Gasteiger partial charge in [-0.05, 0) is 76.8 Å². The first-order chi connectivity index (χ1) is 15.5. The lowest BCUT2D eigenvalue weighted by atomic mass is 9.86. The Morgan fingerprint density at radius 2 is 1.82 bits per heavy atom. The third-order valence-electron chi connectivity index (χ3n) is 5.82. The largest absolute Gasteiger partial charge is 0.460 e. The molecular formula is C26H28FNO4S. The van der Waals surface area contributed by atoms with Gasteiger partial charge in [0, 0.05) is 17.1 Å². The number of halogens is 1. The van der Waals surface area contributed by atoms with Crippen LogP contribution in [0.25, 0.3) is 16.5 Å². The first-order valence-corrected chi connectivity index (χ1v) is 12.5. The van der Waals surface area contributed by atoms with E-state index in [1.165, 1.54) is 18.3 Å². The molecule has 174 valence electrons. The molecule has 0 spiro atoms. The van der Waals surface area contributed by atoms with Crippen molar-refractivity contribution in [3.8, 4) is 0 Å². The van der Waals surface area contributed by atoms with Crippen LogP contribution in [0.2, 0.25) is 0 Å². The number of aryl methyl sites for hydroxylation is 1. The fraction of sp³-hybridized carbons (Fsp3) is 0.346. The van der Waals surface area contributed by atoms with E-state index in [-0.39, 0.29) is 22.2 Å². The Hall–Kier alpha value is -2.93. The number of nitrogens with zero attached hydrogens (tertiary/aromatic N) is 1. The Morgan fingerprint density at radius 3 is 2.42 bits per heavy atom. The summed E-state index contributed by atoms with van der Waals surface area (Å²) in [7, 11) is -3.91. The number of rotatable bonds is 4. The predicted octanol–water partition coefficient (Wildman–Crippen LogP) is 5.85. The van der Waals surface area contributed by atoms with E-state index in [1.54, 1.807) is 30.3 Å². The lowest BCUT2D eigenvalue weighted by Gasteiger charge is -2.26. The monoisotopic (exact) mass is 469 g/mol. The van der Waals surface area contributed by atoms with Gasteiger partial charge in [0.15, 0.2) is 0 Å². The van der Waals surface area contributed by atoms with Crippen LogP contribution in [0.3, 0.4) is 0 Å². The molecule has 1 heterocycles. The molecule has 0 fully saturated rings. The van der Waals surface area contributed by atoms with Crippen LogP contribution in [-0.4, -0.2) is 24.0 Å². The molecule has 0 radical (unpaired) electrons. The van der Waals surface area contributed by atoms with Crippen molar-refractivity contribution >= 4 is 32.5 Å². The van der Waals surface area contributed by atoms with Crippen LogP contribution >= 0.6 is 0 Å². The number of allylic oxidation sites excluding steroid dienone is 2. The van der Waals surface area contributed by atoms with Crippen LogP contribution in [0.15, 0.2) is 59.6 Å². The molecule has 0 bridgehead atoms. The Morgan fingerprint density at radius 1 is 1.12 bits per heavy atom. The van der Waals surface area contributed by atoms with E-state index in [2.05, 4.69) is 0 Å². The van der Waals surface area contributed by atoms with E-state index in [0.717, 1.165) is 15.1 Å². The fourth-order valence-electron chi connectivity index (χ4n) is 4.16. The molecule has 5 nitrogen and oxygen atoms in total. The van der Waals surface area contributed by atoms with Crippen molar-refractivity contribution in [1.29, 1.82) is 0 Å². The SMILES string of the molecule is Cc1ccc(S(=O)(=O)n2cc(C3=CCC(C(=O)OC(C)(C)C)CC3)c3c(F)cccc32)cc1. The van der Waals surface area contributed by atoms with Gasteiger partial charge in [-0.2, -0.15) is 0 Å². The standard InChI is InChI=1S/C26H28FNO4S/c1-17-8-14-20(15-9-17)33(30,31)28-16-21(24-22(27)6-5-7-23(24)28)18-10-12-19(13-11-18)25(29)32-26(2,3)4/h5-10,14-16,19H,11-13H2,1-4H3. The molecule has 0 saturated carbocycles. The van der Waals surface area contributed by atoms with Crippen molar-refractivity contribution in [2.45, 2.75) is 57.5 Å². The molecule has 1 unspecified atom stereocenters. The van der Waals surface area contributed by atoms with Gasteiger partial charge in [-0.3, -0.25) is 4.79 Å². The zero-order valence-electron chi connectivity index (χ0n) is 19.3. The van der Waals surface area contributed by atoms with E-state index >= 15 is 0 Å². The molecule has 1 atom stereocenters.